The van der Waals surface area contributed by atoms with Crippen LogP contribution in [0.15, 0.2) is 29.3 Å². The number of aliphatic imine (C=N–C) groups is 1. The number of halogens is 1. The Labute approximate surface area is 158 Å². The molecular formula is C18H31IN4. The normalized spacial score (nSPS) is 15.4. The van der Waals surface area contributed by atoms with Crippen molar-refractivity contribution in [2.24, 2.45) is 4.99 Å². The SMILES string of the molecule is CCc1ccc(C(CNC2=NCCCN2)N(CC)CC)cc1.I. The van der Waals surface area contributed by atoms with E-state index in [0.717, 1.165) is 51.5 Å². The summed E-state index contributed by atoms with van der Waals surface area (Å²) in [6.45, 7) is 11.6. The first kappa shape index (κ1) is 20.2. The number of hydrogen-bond donors (Lipinski definition) is 2. The minimum Gasteiger partial charge on any atom is -0.356 e. The summed E-state index contributed by atoms with van der Waals surface area (Å²) >= 11 is 0. The molecular weight excluding hydrogens is 399 g/mol. The molecule has 23 heavy (non-hydrogen) atoms. The zero-order chi connectivity index (χ0) is 15.8. The predicted octanol–water partition coefficient (Wildman–Crippen LogP) is 3.19. The Hall–Kier alpha value is -0.820. The molecule has 5 heteroatoms. The van der Waals surface area contributed by atoms with E-state index in [1.807, 2.05) is 0 Å². The summed E-state index contributed by atoms with van der Waals surface area (Å²) < 4.78 is 0. The Morgan fingerprint density at radius 3 is 2.39 bits per heavy atom. The number of rotatable bonds is 7. The molecule has 1 atom stereocenters. The highest BCUT2D eigenvalue weighted by molar-refractivity contribution is 14.0. The van der Waals surface area contributed by atoms with Crippen LogP contribution in [0.2, 0.25) is 0 Å². The van der Waals surface area contributed by atoms with Crippen LogP contribution < -0.4 is 10.6 Å². The predicted molar refractivity (Wildman–Crippen MR) is 110 cm³/mol. The zero-order valence-corrected chi connectivity index (χ0v) is 17.0. The van der Waals surface area contributed by atoms with Gasteiger partial charge in [0.1, 0.15) is 0 Å². The summed E-state index contributed by atoms with van der Waals surface area (Å²) in [6, 6.07) is 9.44. The van der Waals surface area contributed by atoms with Crippen LogP contribution in [0.3, 0.4) is 0 Å². The van der Waals surface area contributed by atoms with Gasteiger partial charge in [0.25, 0.3) is 0 Å². The van der Waals surface area contributed by atoms with E-state index < -0.39 is 0 Å². The number of guanidine groups is 1. The fraction of sp³-hybridized carbons (Fsp3) is 0.611. The number of aryl methyl sites for hydroxylation is 1. The summed E-state index contributed by atoms with van der Waals surface area (Å²) in [5.41, 5.74) is 2.78. The van der Waals surface area contributed by atoms with E-state index in [9.17, 15) is 0 Å². The number of nitrogens with one attached hydrogen (secondary N) is 2. The van der Waals surface area contributed by atoms with Crippen LogP contribution in [0.4, 0.5) is 0 Å². The molecule has 0 spiro atoms. The lowest BCUT2D eigenvalue weighted by atomic mass is 10.0. The van der Waals surface area contributed by atoms with E-state index in [4.69, 9.17) is 0 Å². The van der Waals surface area contributed by atoms with E-state index in [1.165, 1.54) is 11.1 Å². The number of likely N-dealkylation sites (N-methyl/N-ethyl adjacent to an activating group) is 1. The van der Waals surface area contributed by atoms with Crippen LogP contribution in [0.1, 0.15) is 44.4 Å². The van der Waals surface area contributed by atoms with Crippen LogP contribution in [-0.4, -0.2) is 43.6 Å². The molecule has 4 nitrogen and oxygen atoms in total. The van der Waals surface area contributed by atoms with Gasteiger partial charge in [0.05, 0.1) is 6.04 Å². The van der Waals surface area contributed by atoms with Crippen molar-refractivity contribution in [1.82, 2.24) is 15.5 Å². The highest BCUT2D eigenvalue weighted by Crippen LogP contribution is 2.20. The van der Waals surface area contributed by atoms with E-state index >= 15 is 0 Å². The molecule has 2 N–H and O–H groups in total. The Kier molecular flexibility index (Phi) is 9.55. The zero-order valence-electron chi connectivity index (χ0n) is 14.6. The molecule has 1 heterocycles. The van der Waals surface area contributed by atoms with Crippen LogP contribution in [0.25, 0.3) is 0 Å². The highest BCUT2D eigenvalue weighted by Gasteiger charge is 2.18. The summed E-state index contributed by atoms with van der Waals surface area (Å²) in [7, 11) is 0. The molecule has 130 valence electrons. The van der Waals surface area contributed by atoms with Gasteiger partial charge in [-0.1, -0.05) is 45.0 Å². The standard InChI is InChI=1S/C18H30N4.HI/c1-4-15-8-10-16(11-9-15)17(22(5-2)6-3)14-21-18-19-12-7-13-20-18;/h8-11,17H,4-7,12-14H2,1-3H3,(H2,19,20,21);1H. The van der Waals surface area contributed by atoms with Crippen molar-refractivity contribution in [3.8, 4) is 0 Å². The molecule has 2 rings (SSSR count). The minimum absolute atomic E-state index is 0. The maximum absolute atomic E-state index is 4.51. The van der Waals surface area contributed by atoms with Gasteiger partial charge in [0.15, 0.2) is 5.96 Å². The maximum atomic E-state index is 4.51. The van der Waals surface area contributed by atoms with E-state index in [2.05, 4.69) is 65.6 Å². The van der Waals surface area contributed by atoms with Crippen molar-refractivity contribution in [1.29, 1.82) is 0 Å². The van der Waals surface area contributed by atoms with Crippen molar-refractivity contribution in [2.45, 2.75) is 39.7 Å². The van der Waals surface area contributed by atoms with E-state index in [-0.39, 0.29) is 24.0 Å². The molecule has 1 aromatic rings. The van der Waals surface area contributed by atoms with Gasteiger partial charge >= 0.3 is 0 Å². The van der Waals surface area contributed by atoms with Crippen LogP contribution >= 0.6 is 24.0 Å². The lowest BCUT2D eigenvalue weighted by molar-refractivity contribution is 0.219. The fourth-order valence-corrected chi connectivity index (χ4v) is 2.94. The minimum atomic E-state index is 0. The first-order valence-electron chi connectivity index (χ1n) is 8.63. The van der Waals surface area contributed by atoms with Crippen LogP contribution in [-0.2, 0) is 6.42 Å². The molecule has 1 aromatic carbocycles. The summed E-state index contributed by atoms with van der Waals surface area (Å²) in [5, 5.41) is 6.83. The average Bonchev–Trinajstić information content (AvgIpc) is 2.59. The Balaban J connectivity index is 0.00000264. The van der Waals surface area contributed by atoms with Crippen molar-refractivity contribution in [2.75, 3.05) is 32.7 Å². The Bertz CT molecular complexity index is 468. The van der Waals surface area contributed by atoms with Crippen LogP contribution in [0, 0.1) is 0 Å². The van der Waals surface area contributed by atoms with Crippen molar-refractivity contribution in [3.05, 3.63) is 35.4 Å². The third kappa shape index (κ3) is 5.95. The maximum Gasteiger partial charge on any atom is 0.191 e. The lowest BCUT2D eigenvalue weighted by Gasteiger charge is -2.31. The quantitative estimate of drug-likeness (QED) is 0.653. The molecule has 0 aliphatic carbocycles. The molecule has 1 aliphatic heterocycles. The van der Waals surface area contributed by atoms with E-state index in [0.29, 0.717) is 6.04 Å². The van der Waals surface area contributed by atoms with Crippen molar-refractivity contribution < 1.29 is 0 Å². The van der Waals surface area contributed by atoms with Gasteiger partial charge in [-0.3, -0.25) is 9.89 Å². The van der Waals surface area contributed by atoms with Crippen LogP contribution in [0.5, 0.6) is 0 Å². The van der Waals surface area contributed by atoms with Crippen molar-refractivity contribution in [3.63, 3.8) is 0 Å². The summed E-state index contributed by atoms with van der Waals surface area (Å²) in [5.74, 6) is 0.952. The third-order valence-corrected chi connectivity index (χ3v) is 4.39. The monoisotopic (exact) mass is 430 g/mol. The van der Waals surface area contributed by atoms with Gasteiger partial charge in [-0.2, -0.15) is 0 Å². The van der Waals surface area contributed by atoms with Crippen molar-refractivity contribution >= 4 is 29.9 Å². The number of hydrogen-bond acceptors (Lipinski definition) is 4. The first-order valence-corrected chi connectivity index (χ1v) is 8.63. The molecule has 1 aliphatic rings. The summed E-state index contributed by atoms with van der Waals surface area (Å²) in [4.78, 5) is 7.01. The Morgan fingerprint density at radius 2 is 1.87 bits per heavy atom. The third-order valence-electron chi connectivity index (χ3n) is 4.39. The largest absolute Gasteiger partial charge is 0.356 e. The van der Waals surface area contributed by atoms with Gasteiger partial charge in [-0.15, -0.1) is 24.0 Å². The summed E-state index contributed by atoms with van der Waals surface area (Å²) in [6.07, 6.45) is 2.22. The van der Waals surface area contributed by atoms with Gasteiger partial charge in [0, 0.05) is 19.6 Å². The second-order valence-electron chi connectivity index (χ2n) is 5.72. The second-order valence-corrected chi connectivity index (χ2v) is 5.72. The molecule has 0 saturated carbocycles. The van der Waals surface area contributed by atoms with Gasteiger partial charge in [-0.25, -0.2) is 0 Å². The van der Waals surface area contributed by atoms with Gasteiger partial charge in [0.2, 0.25) is 0 Å². The topological polar surface area (TPSA) is 39.7 Å². The average molecular weight is 430 g/mol. The lowest BCUT2D eigenvalue weighted by Crippen LogP contribution is -2.45. The molecule has 0 radical (unpaired) electrons. The Morgan fingerprint density at radius 1 is 1.17 bits per heavy atom. The fourth-order valence-electron chi connectivity index (χ4n) is 2.94. The molecule has 0 saturated heterocycles. The molecule has 0 aromatic heterocycles. The highest BCUT2D eigenvalue weighted by atomic mass is 127. The van der Waals surface area contributed by atoms with E-state index in [1.54, 1.807) is 0 Å². The van der Waals surface area contributed by atoms with Gasteiger partial charge in [-0.05, 0) is 37.1 Å². The first-order chi connectivity index (χ1) is 10.8. The molecule has 1 unspecified atom stereocenters. The second kappa shape index (κ2) is 10.9. The number of nitrogens with zero attached hydrogens (tertiary/aromatic N) is 2. The number of benzene rings is 1. The smallest absolute Gasteiger partial charge is 0.191 e. The molecule has 0 fully saturated rings. The molecule has 0 amide bonds. The molecule has 0 bridgehead atoms. The van der Waals surface area contributed by atoms with Gasteiger partial charge < -0.3 is 10.6 Å².